The SMILES string of the molecule is COc1ccc(Cl)cc1C(NN)c1ccoc1C. The Labute approximate surface area is 111 Å². The number of nitrogens with two attached hydrogens (primary N) is 1. The predicted molar refractivity (Wildman–Crippen MR) is 70.6 cm³/mol. The number of hydrazine groups is 1. The van der Waals surface area contributed by atoms with Gasteiger partial charge in [-0.1, -0.05) is 11.6 Å². The summed E-state index contributed by atoms with van der Waals surface area (Å²) in [6.45, 7) is 1.89. The highest BCUT2D eigenvalue weighted by molar-refractivity contribution is 6.30. The zero-order valence-electron chi connectivity index (χ0n) is 10.2. The van der Waals surface area contributed by atoms with Crippen LogP contribution in [0.25, 0.3) is 0 Å². The van der Waals surface area contributed by atoms with Crippen LogP contribution in [0.3, 0.4) is 0 Å². The number of ether oxygens (including phenoxy) is 1. The van der Waals surface area contributed by atoms with E-state index in [4.69, 9.17) is 26.6 Å². The first kappa shape index (κ1) is 13.0. The van der Waals surface area contributed by atoms with Gasteiger partial charge in [-0.15, -0.1) is 0 Å². The van der Waals surface area contributed by atoms with Gasteiger partial charge in [-0.05, 0) is 31.2 Å². The van der Waals surface area contributed by atoms with E-state index in [0.29, 0.717) is 5.02 Å². The maximum absolute atomic E-state index is 6.03. The molecule has 2 rings (SSSR count). The lowest BCUT2D eigenvalue weighted by Gasteiger charge is -2.19. The lowest BCUT2D eigenvalue weighted by Crippen LogP contribution is -2.29. The number of hydrogen-bond acceptors (Lipinski definition) is 4. The molecule has 0 saturated heterocycles. The van der Waals surface area contributed by atoms with Gasteiger partial charge in [-0.25, -0.2) is 5.43 Å². The Hall–Kier alpha value is -1.49. The van der Waals surface area contributed by atoms with Gasteiger partial charge in [0.25, 0.3) is 0 Å². The van der Waals surface area contributed by atoms with Gasteiger partial charge in [0, 0.05) is 16.1 Å². The highest BCUT2D eigenvalue weighted by Crippen LogP contribution is 2.33. The van der Waals surface area contributed by atoms with E-state index in [1.807, 2.05) is 25.1 Å². The summed E-state index contributed by atoms with van der Waals surface area (Å²) in [5, 5.41) is 0.632. The summed E-state index contributed by atoms with van der Waals surface area (Å²) < 4.78 is 10.6. The van der Waals surface area contributed by atoms with Gasteiger partial charge >= 0.3 is 0 Å². The minimum Gasteiger partial charge on any atom is -0.496 e. The topological polar surface area (TPSA) is 60.4 Å². The van der Waals surface area contributed by atoms with Crippen molar-refractivity contribution >= 4 is 11.6 Å². The molecule has 0 aliphatic rings. The zero-order chi connectivity index (χ0) is 13.1. The fourth-order valence-electron chi connectivity index (χ4n) is 1.97. The first-order valence-corrected chi connectivity index (χ1v) is 5.88. The second-order valence-corrected chi connectivity index (χ2v) is 4.35. The van der Waals surface area contributed by atoms with Crippen LogP contribution in [0.5, 0.6) is 5.75 Å². The summed E-state index contributed by atoms with van der Waals surface area (Å²) >= 11 is 6.03. The van der Waals surface area contributed by atoms with E-state index in [1.54, 1.807) is 19.4 Å². The zero-order valence-corrected chi connectivity index (χ0v) is 11.0. The molecular weight excluding hydrogens is 252 g/mol. The van der Waals surface area contributed by atoms with E-state index >= 15 is 0 Å². The molecular formula is C13H15ClN2O2. The van der Waals surface area contributed by atoms with Gasteiger partial charge in [0.2, 0.25) is 0 Å². The molecule has 0 radical (unpaired) electrons. The summed E-state index contributed by atoms with van der Waals surface area (Å²) in [5.74, 6) is 7.18. The molecule has 1 heterocycles. The lowest BCUT2D eigenvalue weighted by molar-refractivity contribution is 0.403. The van der Waals surface area contributed by atoms with Crippen molar-refractivity contribution in [2.24, 2.45) is 5.84 Å². The Balaban J connectivity index is 2.51. The molecule has 96 valence electrons. The fourth-order valence-corrected chi connectivity index (χ4v) is 2.15. The first-order chi connectivity index (χ1) is 8.67. The number of furan rings is 1. The lowest BCUT2D eigenvalue weighted by atomic mass is 9.99. The van der Waals surface area contributed by atoms with Crippen LogP contribution in [0.4, 0.5) is 0 Å². The Morgan fingerprint density at radius 3 is 2.67 bits per heavy atom. The summed E-state index contributed by atoms with van der Waals surface area (Å²) in [5.41, 5.74) is 4.59. The van der Waals surface area contributed by atoms with E-state index in [-0.39, 0.29) is 6.04 Å². The van der Waals surface area contributed by atoms with Crippen LogP contribution in [-0.2, 0) is 0 Å². The highest BCUT2D eigenvalue weighted by Gasteiger charge is 2.20. The number of methoxy groups -OCH3 is 1. The molecule has 0 fully saturated rings. The molecule has 0 aliphatic carbocycles. The molecule has 4 nitrogen and oxygen atoms in total. The molecule has 18 heavy (non-hydrogen) atoms. The molecule has 5 heteroatoms. The number of halogens is 1. The maximum atomic E-state index is 6.03. The number of hydrogen-bond donors (Lipinski definition) is 2. The van der Waals surface area contributed by atoms with Crippen molar-refractivity contribution in [3.8, 4) is 5.75 Å². The van der Waals surface area contributed by atoms with Gasteiger partial charge in [0.15, 0.2) is 0 Å². The monoisotopic (exact) mass is 266 g/mol. The summed E-state index contributed by atoms with van der Waals surface area (Å²) in [6.07, 6.45) is 1.63. The molecule has 0 spiro atoms. The molecule has 0 amide bonds. The van der Waals surface area contributed by atoms with Crippen LogP contribution in [0.2, 0.25) is 5.02 Å². The fraction of sp³-hybridized carbons (Fsp3) is 0.231. The summed E-state index contributed by atoms with van der Waals surface area (Å²) in [4.78, 5) is 0. The van der Waals surface area contributed by atoms with Gasteiger partial charge in [-0.3, -0.25) is 5.84 Å². The molecule has 2 aromatic rings. The Bertz CT molecular complexity index is 540. The predicted octanol–water partition coefficient (Wildman–Crippen LogP) is 2.80. The smallest absolute Gasteiger partial charge is 0.124 e. The molecule has 3 N–H and O–H groups in total. The molecule has 1 aromatic carbocycles. The van der Waals surface area contributed by atoms with Gasteiger partial charge < -0.3 is 9.15 Å². The minimum absolute atomic E-state index is 0.225. The molecule has 1 unspecified atom stereocenters. The van der Waals surface area contributed by atoms with E-state index in [1.165, 1.54) is 0 Å². The maximum Gasteiger partial charge on any atom is 0.124 e. The number of aryl methyl sites for hydroxylation is 1. The van der Waals surface area contributed by atoms with Crippen LogP contribution in [0.15, 0.2) is 34.9 Å². The quantitative estimate of drug-likeness (QED) is 0.660. The molecule has 1 aromatic heterocycles. The van der Waals surface area contributed by atoms with Crippen LogP contribution < -0.4 is 16.0 Å². The highest BCUT2D eigenvalue weighted by atomic mass is 35.5. The van der Waals surface area contributed by atoms with Gasteiger partial charge in [0.1, 0.15) is 11.5 Å². The van der Waals surface area contributed by atoms with Crippen LogP contribution in [0.1, 0.15) is 22.9 Å². The van der Waals surface area contributed by atoms with Crippen LogP contribution in [0, 0.1) is 6.92 Å². The van der Waals surface area contributed by atoms with E-state index in [9.17, 15) is 0 Å². The van der Waals surface area contributed by atoms with Crippen molar-refractivity contribution in [3.05, 3.63) is 52.4 Å². The summed E-state index contributed by atoms with van der Waals surface area (Å²) in [7, 11) is 1.61. The minimum atomic E-state index is -0.225. The van der Waals surface area contributed by atoms with Crippen molar-refractivity contribution in [3.63, 3.8) is 0 Å². The molecule has 0 aliphatic heterocycles. The second-order valence-electron chi connectivity index (χ2n) is 3.92. The first-order valence-electron chi connectivity index (χ1n) is 5.51. The number of benzene rings is 1. The third-order valence-corrected chi connectivity index (χ3v) is 3.11. The normalized spacial score (nSPS) is 12.4. The third kappa shape index (κ3) is 2.36. The average molecular weight is 267 g/mol. The van der Waals surface area contributed by atoms with Crippen molar-refractivity contribution in [2.45, 2.75) is 13.0 Å². The summed E-state index contributed by atoms with van der Waals surface area (Å²) in [6, 6.07) is 7.08. The third-order valence-electron chi connectivity index (χ3n) is 2.88. The molecule has 0 saturated carbocycles. The van der Waals surface area contributed by atoms with E-state index in [0.717, 1.165) is 22.6 Å². The molecule has 1 atom stereocenters. The molecule has 0 bridgehead atoms. The van der Waals surface area contributed by atoms with Crippen molar-refractivity contribution in [1.29, 1.82) is 0 Å². The number of rotatable bonds is 4. The van der Waals surface area contributed by atoms with Gasteiger partial charge in [0.05, 0.1) is 19.4 Å². The Morgan fingerprint density at radius 2 is 2.11 bits per heavy atom. The Morgan fingerprint density at radius 1 is 1.33 bits per heavy atom. The second kappa shape index (κ2) is 5.44. The van der Waals surface area contributed by atoms with Gasteiger partial charge in [-0.2, -0.15) is 0 Å². The standard InChI is InChI=1S/C13H15ClN2O2/c1-8-10(5-6-18-8)13(16-15)11-7-9(14)3-4-12(11)17-2/h3-7,13,16H,15H2,1-2H3. The van der Waals surface area contributed by atoms with E-state index < -0.39 is 0 Å². The Kier molecular flexibility index (Phi) is 3.91. The number of nitrogens with one attached hydrogen (secondary N) is 1. The largest absolute Gasteiger partial charge is 0.496 e. The van der Waals surface area contributed by atoms with E-state index in [2.05, 4.69) is 5.43 Å². The van der Waals surface area contributed by atoms with Crippen molar-refractivity contribution in [1.82, 2.24) is 5.43 Å². The van der Waals surface area contributed by atoms with Crippen molar-refractivity contribution < 1.29 is 9.15 Å². The van der Waals surface area contributed by atoms with Crippen molar-refractivity contribution in [2.75, 3.05) is 7.11 Å². The average Bonchev–Trinajstić information content (AvgIpc) is 2.77. The van der Waals surface area contributed by atoms with Crippen LogP contribution >= 0.6 is 11.6 Å². The van der Waals surface area contributed by atoms with Crippen LogP contribution in [-0.4, -0.2) is 7.11 Å².